The van der Waals surface area contributed by atoms with Gasteiger partial charge in [-0.25, -0.2) is 0 Å². The van der Waals surface area contributed by atoms with Gasteiger partial charge in [0.15, 0.2) is 0 Å². The summed E-state index contributed by atoms with van der Waals surface area (Å²) in [7, 11) is 2.10. The molecule has 19 heavy (non-hydrogen) atoms. The first kappa shape index (κ1) is 13.9. The Morgan fingerprint density at radius 3 is 3.00 bits per heavy atom. The molecule has 0 unspecified atom stereocenters. The Balaban J connectivity index is 1.89. The van der Waals surface area contributed by atoms with Crippen LogP contribution in [-0.4, -0.2) is 37.0 Å². The summed E-state index contributed by atoms with van der Waals surface area (Å²) < 4.78 is 0. The van der Waals surface area contributed by atoms with Crippen LogP contribution in [0.15, 0.2) is 17.2 Å². The molecule has 2 rings (SSSR count). The van der Waals surface area contributed by atoms with E-state index in [2.05, 4.69) is 27.3 Å². The van der Waals surface area contributed by atoms with Gasteiger partial charge in [0.05, 0.1) is 11.4 Å². The van der Waals surface area contributed by atoms with Crippen LogP contribution in [-0.2, 0) is 6.54 Å². The minimum absolute atomic E-state index is 0.0215. The van der Waals surface area contributed by atoms with Crippen molar-refractivity contribution < 1.29 is 4.79 Å². The number of hydrogen-bond acceptors (Lipinski definition) is 4. The molecule has 1 N–H and O–H groups in total. The van der Waals surface area contributed by atoms with E-state index in [1.54, 1.807) is 6.07 Å². The van der Waals surface area contributed by atoms with E-state index in [0.717, 1.165) is 30.8 Å². The molecule has 0 atom stereocenters. The molecule has 1 aromatic heterocycles. The number of amides is 1. The quantitative estimate of drug-likeness (QED) is 0.521. The van der Waals surface area contributed by atoms with Crippen LogP contribution in [0, 0.1) is 0 Å². The summed E-state index contributed by atoms with van der Waals surface area (Å²) in [4.78, 5) is 18.6. The molecule has 0 saturated carbocycles. The maximum absolute atomic E-state index is 12.1. The van der Waals surface area contributed by atoms with Crippen LogP contribution in [0.1, 0.15) is 27.4 Å². The van der Waals surface area contributed by atoms with Crippen LogP contribution in [0.3, 0.4) is 0 Å². The topological polar surface area (TPSA) is 81.1 Å². The average Bonchev–Trinajstić information content (AvgIpc) is 2.88. The summed E-state index contributed by atoms with van der Waals surface area (Å²) >= 11 is 1.38. The van der Waals surface area contributed by atoms with Gasteiger partial charge in [0.1, 0.15) is 0 Å². The number of nitrogens with zero attached hydrogens (tertiary/aromatic N) is 4. The molecule has 0 aliphatic carbocycles. The normalized spacial score (nSPS) is 16.9. The molecule has 0 radical (unpaired) electrons. The second kappa shape index (κ2) is 6.56. The second-order valence-corrected chi connectivity index (χ2v) is 5.87. The highest BCUT2D eigenvalue weighted by Gasteiger charge is 2.19. The standard InChI is InChI=1S/C12H17N5OS/c1-17-6-4-9(5-7-17)15-12(18)11-3-2-10(19-11)8-14-16-13/h2-3,9H,4-8H2,1H3,(H,15,18). The van der Waals surface area contributed by atoms with E-state index < -0.39 is 0 Å². The lowest BCUT2D eigenvalue weighted by molar-refractivity contribution is 0.0921. The number of thiophene rings is 1. The molecule has 1 amide bonds. The lowest BCUT2D eigenvalue weighted by atomic mass is 10.1. The third-order valence-corrected chi connectivity index (χ3v) is 4.30. The smallest absolute Gasteiger partial charge is 0.261 e. The predicted molar refractivity (Wildman–Crippen MR) is 75.2 cm³/mol. The molecular formula is C12H17N5OS. The Labute approximate surface area is 116 Å². The molecule has 0 spiro atoms. The zero-order valence-corrected chi connectivity index (χ0v) is 11.7. The Morgan fingerprint density at radius 2 is 2.32 bits per heavy atom. The molecule has 1 aliphatic heterocycles. The van der Waals surface area contributed by atoms with Gasteiger partial charge in [-0.15, -0.1) is 11.3 Å². The van der Waals surface area contributed by atoms with Gasteiger partial charge >= 0.3 is 0 Å². The first-order valence-corrected chi connectivity index (χ1v) is 7.09. The molecule has 1 saturated heterocycles. The number of azide groups is 1. The SMILES string of the molecule is CN1CCC(NC(=O)c2ccc(CN=[N+]=[N-])s2)CC1. The van der Waals surface area contributed by atoms with Gasteiger partial charge in [-0.05, 0) is 50.6 Å². The summed E-state index contributed by atoms with van der Waals surface area (Å²) in [5, 5.41) is 6.56. The zero-order chi connectivity index (χ0) is 13.7. The molecule has 1 aromatic rings. The Morgan fingerprint density at radius 1 is 1.58 bits per heavy atom. The van der Waals surface area contributed by atoms with Crippen molar-refractivity contribution in [1.82, 2.24) is 10.2 Å². The van der Waals surface area contributed by atoms with Crippen molar-refractivity contribution in [3.8, 4) is 0 Å². The van der Waals surface area contributed by atoms with Crippen LogP contribution < -0.4 is 5.32 Å². The molecular weight excluding hydrogens is 262 g/mol. The monoisotopic (exact) mass is 279 g/mol. The van der Waals surface area contributed by atoms with Gasteiger partial charge in [-0.1, -0.05) is 5.11 Å². The maximum atomic E-state index is 12.1. The van der Waals surface area contributed by atoms with Gasteiger partial charge in [-0.3, -0.25) is 4.79 Å². The highest BCUT2D eigenvalue weighted by atomic mass is 32.1. The number of rotatable bonds is 4. The van der Waals surface area contributed by atoms with E-state index in [4.69, 9.17) is 5.53 Å². The third kappa shape index (κ3) is 3.96. The van der Waals surface area contributed by atoms with Crippen LogP contribution >= 0.6 is 11.3 Å². The summed E-state index contributed by atoms with van der Waals surface area (Å²) in [6, 6.07) is 3.89. The molecule has 7 heteroatoms. The largest absolute Gasteiger partial charge is 0.349 e. The Kier molecular flexibility index (Phi) is 4.79. The van der Waals surface area contributed by atoms with Gasteiger partial charge in [0.25, 0.3) is 5.91 Å². The summed E-state index contributed by atoms with van der Waals surface area (Å²) in [5.41, 5.74) is 8.26. The second-order valence-electron chi connectivity index (χ2n) is 4.71. The summed E-state index contributed by atoms with van der Waals surface area (Å²) in [6.07, 6.45) is 2.00. The third-order valence-electron chi connectivity index (χ3n) is 3.23. The summed E-state index contributed by atoms with van der Waals surface area (Å²) in [6.45, 7) is 2.36. The number of hydrogen-bond donors (Lipinski definition) is 1. The first-order valence-electron chi connectivity index (χ1n) is 6.28. The van der Waals surface area contributed by atoms with E-state index in [1.807, 2.05) is 6.07 Å². The van der Waals surface area contributed by atoms with Crippen molar-refractivity contribution in [2.45, 2.75) is 25.4 Å². The van der Waals surface area contributed by atoms with Crippen molar-refractivity contribution in [1.29, 1.82) is 0 Å². The highest BCUT2D eigenvalue weighted by Crippen LogP contribution is 2.18. The summed E-state index contributed by atoms with van der Waals surface area (Å²) in [5.74, 6) is -0.0215. The fourth-order valence-corrected chi connectivity index (χ4v) is 2.92. The Bertz CT molecular complexity index is 486. The van der Waals surface area contributed by atoms with Crippen molar-refractivity contribution >= 4 is 17.2 Å². The van der Waals surface area contributed by atoms with Gasteiger partial charge in [-0.2, -0.15) is 0 Å². The van der Waals surface area contributed by atoms with Crippen molar-refractivity contribution in [2.75, 3.05) is 20.1 Å². The average molecular weight is 279 g/mol. The van der Waals surface area contributed by atoms with E-state index in [9.17, 15) is 4.79 Å². The predicted octanol–water partition coefficient (Wildman–Crippen LogP) is 2.38. The number of piperidine rings is 1. The molecule has 1 aliphatic rings. The molecule has 6 nitrogen and oxygen atoms in total. The van der Waals surface area contributed by atoms with Gasteiger partial charge < -0.3 is 10.2 Å². The fourth-order valence-electron chi connectivity index (χ4n) is 2.10. The van der Waals surface area contributed by atoms with Crippen molar-refractivity contribution in [2.24, 2.45) is 5.11 Å². The molecule has 0 aromatic carbocycles. The van der Waals surface area contributed by atoms with Crippen LogP contribution in [0.2, 0.25) is 0 Å². The van der Waals surface area contributed by atoms with Crippen LogP contribution in [0.5, 0.6) is 0 Å². The van der Waals surface area contributed by atoms with Crippen molar-refractivity contribution in [3.63, 3.8) is 0 Å². The van der Waals surface area contributed by atoms with Gasteiger partial charge in [0, 0.05) is 15.8 Å². The van der Waals surface area contributed by atoms with Crippen LogP contribution in [0.4, 0.5) is 0 Å². The van der Waals surface area contributed by atoms with Gasteiger partial charge in [0.2, 0.25) is 0 Å². The zero-order valence-electron chi connectivity index (χ0n) is 10.9. The number of nitrogens with one attached hydrogen (secondary N) is 1. The molecule has 2 heterocycles. The first-order chi connectivity index (χ1) is 9.19. The maximum Gasteiger partial charge on any atom is 0.261 e. The lowest BCUT2D eigenvalue weighted by Gasteiger charge is -2.29. The van der Waals surface area contributed by atoms with E-state index in [-0.39, 0.29) is 11.9 Å². The number of carbonyl (C=O) groups excluding carboxylic acids is 1. The van der Waals surface area contributed by atoms with E-state index in [1.165, 1.54) is 11.3 Å². The highest BCUT2D eigenvalue weighted by molar-refractivity contribution is 7.14. The minimum atomic E-state index is -0.0215. The lowest BCUT2D eigenvalue weighted by Crippen LogP contribution is -2.43. The molecule has 0 bridgehead atoms. The molecule has 1 fully saturated rings. The van der Waals surface area contributed by atoms with Crippen LogP contribution in [0.25, 0.3) is 10.4 Å². The van der Waals surface area contributed by atoms with E-state index >= 15 is 0 Å². The van der Waals surface area contributed by atoms with E-state index in [0.29, 0.717) is 11.4 Å². The number of carbonyl (C=O) groups is 1. The van der Waals surface area contributed by atoms with Crippen molar-refractivity contribution in [3.05, 3.63) is 32.3 Å². The number of likely N-dealkylation sites (tertiary alicyclic amines) is 1. The Hall–Kier alpha value is -1.56. The molecule has 102 valence electrons. The fraction of sp³-hybridized carbons (Fsp3) is 0.583. The minimum Gasteiger partial charge on any atom is -0.349 e.